The minimum absolute atomic E-state index is 0.146. The number of aromatic nitrogens is 3. The Hall–Kier alpha value is -3.29. The van der Waals surface area contributed by atoms with Crippen LogP contribution in [0.4, 0.5) is 0 Å². The third kappa shape index (κ3) is 3.85. The molecular weight excluding hydrogens is 370 g/mol. The van der Waals surface area contributed by atoms with Crippen molar-refractivity contribution in [2.24, 2.45) is 5.73 Å². The van der Waals surface area contributed by atoms with Gasteiger partial charge in [0.2, 0.25) is 0 Å². The Labute approximate surface area is 166 Å². The number of H-pyrrole nitrogens is 1. The maximum Gasteiger partial charge on any atom is 0.252 e. The van der Waals surface area contributed by atoms with Crippen molar-refractivity contribution >= 4 is 17.2 Å². The quantitative estimate of drug-likeness (QED) is 0.469. The van der Waals surface area contributed by atoms with E-state index >= 15 is 0 Å². The minimum atomic E-state index is -0.146. The highest BCUT2D eigenvalue weighted by atomic mass is 32.1. The number of hydrogen-bond acceptors (Lipinski definition) is 5. The van der Waals surface area contributed by atoms with Gasteiger partial charge in [0.05, 0.1) is 17.9 Å². The molecule has 2 heterocycles. The summed E-state index contributed by atoms with van der Waals surface area (Å²) in [4.78, 5) is 17.3. The molecule has 140 valence electrons. The fraction of sp³-hybridized carbons (Fsp3) is 0.0952. The number of nitrogens with one attached hydrogen (secondary N) is 2. The molecule has 0 spiro atoms. The predicted octanol–water partition coefficient (Wildman–Crippen LogP) is 3.59. The summed E-state index contributed by atoms with van der Waals surface area (Å²) in [5.74, 6) is -0.146. The number of thiazole rings is 1. The van der Waals surface area contributed by atoms with E-state index in [1.807, 2.05) is 53.9 Å². The molecule has 0 fully saturated rings. The fourth-order valence-corrected chi connectivity index (χ4v) is 3.72. The van der Waals surface area contributed by atoms with E-state index in [-0.39, 0.29) is 5.91 Å². The van der Waals surface area contributed by atoms with Crippen LogP contribution in [0.1, 0.15) is 21.6 Å². The zero-order chi connectivity index (χ0) is 19.3. The van der Waals surface area contributed by atoms with E-state index in [4.69, 9.17) is 5.73 Å². The molecule has 0 saturated carbocycles. The zero-order valence-corrected chi connectivity index (χ0v) is 15.9. The zero-order valence-electron chi connectivity index (χ0n) is 15.1. The molecule has 0 aliphatic rings. The summed E-state index contributed by atoms with van der Waals surface area (Å²) < 4.78 is 0. The van der Waals surface area contributed by atoms with Crippen molar-refractivity contribution in [1.82, 2.24) is 20.5 Å². The van der Waals surface area contributed by atoms with E-state index in [0.717, 1.165) is 33.1 Å². The molecule has 0 bridgehead atoms. The van der Waals surface area contributed by atoms with Crippen molar-refractivity contribution in [2.45, 2.75) is 13.1 Å². The molecule has 2 aromatic heterocycles. The van der Waals surface area contributed by atoms with Crippen LogP contribution >= 0.6 is 11.3 Å². The fourth-order valence-electron chi connectivity index (χ4n) is 2.89. The average molecular weight is 389 g/mol. The van der Waals surface area contributed by atoms with Crippen molar-refractivity contribution in [1.29, 1.82) is 0 Å². The molecule has 1 amide bonds. The van der Waals surface area contributed by atoms with Crippen LogP contribution in [0.25, 0.3) is 21.8 Å². The molecule has 0 radical (unpaired) electrons. The first kappa shape index (κ1) is 18.1. The van der Waals surface area contributed by atoms with Gasteiger partial charge in [0.1, 0.15) is 5.01 Å². The summed E-state index contributed by atoms with van der Waals surface area (Å²) in [6, 6.07) is 17.3. The molecular formula is C21H19N5OS. The maximum atomic E-state index is 12.7. The number of carbonyl (C=O) groups excluding carboxylic acids is 1. The highest BCUT2D eigenvalue weighted by Crippen LogP contribution is 2.24. The minimum Gasteiger partial charge on any atom is -0.346 e. The number of hydrogen-bond donors (Lipinski definition) is 3. The summed E-state index contributed by atoms with van der Waals surface area (Å²) >= 11 is 1.56. The lowest BCUT2D eigenvalue weighted by atomic mass is 10.0. The third-order valence-corrected chi connectivity index (χ3v) is 5.32. The van der Waals surface area contributed by atoms with Crippen LogP contribution in [0.3, 0.4) is 0 Å². The van der Waals surface area contributed by atoms with Crippen molar-refractivity contribution in [2.75, 3.05) is 0 Å². The van der Waals surface area contributed by atoms with E-state index in [1.165, 1.54) is 0 Å². The van der Waals surface area contributed by atoms with E-state index in [9.17, 15) is 4.79 Å². The lowest BCUT2D eigenvalue weighted by Gasteiger charge is -2.08. The van der Waals surface area contributed by atoms with E-state index in [0.29, 0.717) is 18.7 Å². The van der Waals surface area contributed by atoms with Crippen molar-refractivity contribution < 1.29 is 4.79 Å². The van der Waals surface area contributed by atoms with Gasteiger partial charge in [0.15, 0.2) is 0 Å². The van der Waals surface area contributed by atoms with Gasteiger partial charge in [0, 0.05) is 34.8 Å². The smallest absolute Gasteiger partial charge is 0.252 e. The molecule has 6 nitrogen and oxygen atoms in total. The Morgan fingerprint density at radius 3 is 2.68 bits per heavy atom. The Morgan fingerprint density at radius 1 is 1.11 bits per heavy atom. The monoisotopic (exact) mass is 389 g/mol. The van der Waals surface area contributed by atoms with Gasteiger partial charge >= 0.3 is 0 Å². The number of amides is 1. The van der Waals surface area contributed by atoms with Crippen LogP contribution in [0.15, 0.2) is 66.2 Å². The molecule has 2 aromatic carbocycles. The molecule has 0 unspecified atom stereocenters. The normalized spacial score (nSPS) is 10.8. The molecule has 0 aliphatic heterocycles. The Balaban J connectivity index is 1.45. The van der Waals surface area contributed by atoms with E-state index in [2.05, 4.69) is 20.5 Å². The van der Waals surface area contributed by atoms with Crippen molar-refractivity contribution in [3.05, 3.63) is 83.0 Å². The van der Waals surface area contributed by atoms with Crippen LogP contribution in [0.5, 0.6) is 0 Å². The highest BCUT2D eigenvalue weighted by Gasteiger charge is 2.13. The Bertz CT molecular complexity index is 1070. The highest BCUT2D eigenvalue weighted by molar-refractivity contribution is 7.13. The first-order valence-corrected chi connectivity index (χ1v) is 9.73. The molecule has 7 heteroatoms. The first-order valence-electron chi connectivity index (χ1n) is 8.85. The number of rotatable bonds is 6. The summed E-state index contributed by atoms with van der Waals surface area (Å²) in [6.07, 6.45) is 1.67. The second-order valence-corrected chi connectivity index (χ2v) is 7.10. The second-order valence-electron chi connectivity index (χ2n) is 6.24. The van der Waals surface area contributed by atoms with Gasteiger partial charge in [-0.3, -0.25) is 9.89 Å². The van der Waals surface area contributed by atoms with Gasteiger partial charge in [-0.1, -0.05) is 42.5 Å². The topological polar surface area (TPSA) is 96.7 Å². The van der Waals surface area contributed by atoms with Crippen LogP contribution in [-0.2, 0) is 13.1 Å². The second kappa shape index (κ2) is 8.16. The molecule has 4 rings (SSSR count). The average Bonchev–Trinajstić information content (AvgIpc) is 3.44. The summed E-state index contributed by atoms with van der Waals surface area (Å²) in [5.41, 5.74) is 10.8. The summed E-state index contributed by atoms with van der Waals surface area (Å²) in [6.45, 7) is 0.892. The van der Waals surface area contributed by atoms with Gasteiger partial charge in [-0.05, 0) is 17.7 Å². The number of nitrogens with two attached hydrogens (primary N) is 1. The van der Waals surface area contributed by atoms with Gasteiger partial charge in [-0.15, -0.1) is 11.3 Å². The largest absolute Gasteiger partial charge is 0.346 e. The van der Waals surface area contributed by atoms with Crippen molar-refractivity contribution in [3.63, 3.8) is 0 Å². The summed E-state index contributed by atoms with van der Waals surface area (Å²) in [5, 5.41) is 12.7. The van der Waals surface area contributed by atoms with E-state index < -0.39 is 0 Å². The molecule has 0 aliphatic carbocycles. The molecule has 4 N–H and O–H groups in total. The number of aromatic amines is 1. The number of nitrogens with zero attached hydrogens (tertiary/aromatic N) is 2. The molecule has 0 saturated heterocycles. The lowest BCUT2D eigenvalue weighted by Crippen LogP contribution is -2.23. The SMILES string of the molecule is NCc1ccc(-c2nc(CNC(=O)c3ccccc3-c3ccn[nH]3)cs2)cc1. The van der Waals surface area contributed by atoms with Crippen LogP contribution in [-0.4, -0.2) is 21.1 Å². The Morgan fingerprint density at radius 2 is 1.93 bits per heavy atom. The maximum absolute atomic E-state index is 12.7. The van der Waals surface area contributed by atoms with Crippen molar-refractivity contribution in [3.8, 4) is 21.8 Å². The first-order chi connectivity index (χ1) is 13.7. The van der Waals surface area contributed by atoms with Crippen LogP contribution < -0.4 is 11.1 Å². The predicted molar refractivity (Wildman–Crippen MR) is 111 cm³/mol. The molecule has 4 aromatic rings. The van der Waals surface area contributed by atoms with Gasteiger partial charge < -0.3 is 11.1 Å². The van der Waals surface area contributed by atoms with Gasteiger partial charge in [0.25, 0.3) is 5.91 Å². The lowest BCUT2D eigenvalue weighted by molar-refractivity contribution is 0.0951. The number of benzene rings is 2. The number of carbonyl (C=O) groups is 1. The molecule has 28 heavy (non-hydrogen) atoms. The van der Waals surface area contributed by atoms with Crippen LogP contribution in [0, 0.1) is 0 Å². The van der Waals surface area contributed by atoms with Gasteiger partial charge in [-0.2, -0.15) is 5.10 Å². The van der Waals surface area contributed by atoms with E-state index in [1.54, 1.807) is 23.6 Å². The standard InChI is InChI=1S/C21H19N5OS/c22-11-14-5-7-15(8-6-14)21-25-16(13-28-21)12-23-20(27)18-4-2-1-3-17(18)19-9-10-24-26-19/h1-10,13H,11-12,22H2,(H,23,27)(H,24,26). The third-order valence-electron chi connectivity index (χ3n) is 4.38. The Kier molecular flexibility index (Phi) is 5.27. The summed E-state index contributed by atoms with van der Waals surface area (Å²) in [7, 11) is 0. The van der Waals surface area contributed by atoms with Gasteiger partial charge in [-0.25, -0.2) is 4.98 Å². The van der Waals surface area contributed by atoms with Crippen LogP contribution in [0.2, 0.25) is 0 Å². The molecule has 0 atom stereocenters.